The van der Waals surface area contributed by atoms with Gasteiger partial charge in [0.2, 0.25) is 5.91 Å². The van der Waals surface area contributed by atoms with Gasteiger partial charge in [-0.25, -0.2) is 9.59 Å². The fraction of sp³-hybridized carbons (Fsp3) is 0.382. The minimum atomic E-state index is -1.05. The zero-order valence-corrected chi connectivity index (χ0v) is 24.1. The molecule has 2 amide bonds. The van der Waals surface area contributed by atoms with E-state index in [1.807, 2.05) is 49.4 Å². The van der Waals surface area contributed by atoms with E-state index in [1.165, 1.54) is 5.56 Å². The van der Waals surface area contributed by atoms with Gasteiger partial charge >= 0.3 is 12.1 Å². The third-order valence-electron chi connectivity index (χ3n) is 8.48. The largest absolute Gasteiger partial charge is 0.480 e. The standard InChI is InChI=1S/C34H39N3O5/c1-2-10-30(32(39)40)35-31(38)21-34(17-19-37(20-18-34)22-24-11-4-3-5-12-24)36-33(41)42-23-29-27-15-8-6-13-25(27)26-14-7-9-16-28(26)29/h3-9,11-16,29-30H,2,10,17-23H2,1H3,(H,35,38)(H,36,41)(H,39,40)/t30-/m1/s1. The maximum absolute atomic E-state index is 13.3. The molecule has 1 aliphatic carbocycles. The second kappa shape index (κ2) is 13.2. The van der Waals surface area contributed by atoms with Gasteiger partial charge in [0.25, 0.3) is 0 Å². The van der Waals surface area contributed by atoms with Gasteiger partial charge in [-0.15, -0.1) is 0 Å². The van der Waals surface area contributed by atoms with Gasteiger partial charge in [0, 0.05) is 32.0 Å². The molecule has 1 atom stereocenters. The van der Waals surface area contributed by atoms with Crippen molar-refractivity contribution in [1.82, 2.24) is 15.5 Å². The number of amides is 2. The Morgan fingerprint density at radius 1 is 0.929 bits per heavy atom. The average molecular weight is 570 g/mol. The highest BCUT2D eigenvalue weighted by molar-refractivity contribution is 5.85. The Labute approximate surface area is 247 Å². The van der Waals surface area contributed by atoms with Crippen LogP contribution in [0.15, 0.2) is 78.9 Å². The number of nitrogens with zero attached hydrogens (tertiary/aromatic N) is 1. The molecule has 2 aliphatic rings. The van der Waals surface area contributed by atoms with Gasteiger partial charge in [-0.2, -0.15) is 0 Å². The van der Waals surface area contributed by atoms with Crippen LogP contribution in [0.3, 0.4) is 0 Å². The summed E-state index contributed by atoms with van der Waals surface area (Å²) in [7, 11) is 0. The topological polar surface area (TPSA) is 108 Å². The fourth-order valence-corrected chi connectivity index (χ4v) is 6.28. The normalized spacial score (nSPS) is 16.6. The molecule has 0 aromatic heterocycles. The van der Waals surface area contributed by atoms with E-state index in [0.29, 0.717) is 38.8 Å². The predicted octanol–water partition coefficient (Wildman–Crippen LogP) is 5.32. The molecule has 0 saturated carbocycles. The first-order chi connectivity index (χ1) is 20.4. The first-order valence-electron chi connectivity index (χ1n) is 14.8. The number of fused-ring (bicyclic) bond motifs is 3. The minimum absolute atomic E-state index is 0.0101. The van der Waals surface area contributed by atoms with Crippen molar-refractivity contribution in [3.63, 3.8) is 0 Å². The van der Waals surface area contributed by atoms with Crippen molar-refractivity contribution in [2.45, 2.75) is 63.1 Å². The molecule has 0 bridgehead atoms. The van der Waals surface area contributed by atoms with E-state index in [2.05, 4.69) is 51.9 Å². The van der Waals surface area contributed by atoms with Crippen molar-refractivity contribution < 1.29 is 24.2 Å². The van der Waals surface area contributed by atoms with Crippen LogP contribution < -0.4 is 10.6 Å². The maximum Gasteiger partial charge on any atom is 0.407 e. The molecule has 8 heteroatoms. The first kappa shape index (κ1) is 29.3. The molecule has 0 unspecified atom stereocenters. The molecule has 1 fully saturated rings. The van der Waals surface area contributed by atoms with Crippen LogP contribution in [0.25, 0.3) is 11.1 Å². The van der Waals surface area contributed by atoms with Gasteiger partial charge in [-0.3, -0.25) is 9.69 Å². The van der Waals surface area contributed by atoms with Crippen LogP contribution in [0, 0.1) is 0 Å². The molecule has 8 nitrogen and oxygen atoms in total. The number of aliphatic carboxylic acids is 1. The maximum atomic E-state index is 13.3. The lowest BCUT2D eigenvalue weighted by Crippen LogP contribution is -2.58. The molecule has 3 aromatic carbocycles. The monoisotopic (exact) mass is 569 g/mol. The van der Waals surface area contributed by atoms with Crippen LogP contribution in [0.5, 0.6) is 0 Å². The van der Waals surface area contributed by atoms with Crippen molar-refractivity contribution in [3.05, 3.63) is 95.6 Å². The molecule has 3 aromatic rings. The number of hydrogen-bond donors (Lipinski definition) is 3. The Balaban J connectivity index is 1.27. The molecule has 42 heavy (non-hydrogen) atoms. The number of hydrogen-bond acceptors (Lipinski definition) is 5. The molecule has 3 N–H and O–H groups in total. The number of alkyl carbamates (subject to hydrolysis) is 1. The Morgan fingerprint density at radius 3 is 2.12 bits per heavy atom. The average Bonchev–Trinajstić information content (AvgIpc) is 3.31. The summed E-state index contributed by atoms with van der Waals surface area (Å²) in [5.41, 5.74) is 4.93. The van der Waals surface area contributed by atoms with E-state index in [1.54, 1.807) is 0 Å². The highest BCUT2D eigenvalue weighted by Gasteiger charge is 2.39. The minimum Gasteiger partial charge on any atom is -0.480 e. The van der Waals surface area contributed by atoms with Crippen LogP contribution in [-0.2, 0) is 20.9 Å². The number of carbonyl (C=O) groups is 3. The summed E-state index contributed by atoms with van der Waals surface area (Å²) in [4.78, 5) is 40.4. The Bertz CT molecular complexity index is 1360. The zero-order chi connectivity index (χ0) is 29.5. The highest BCUT2D eigenvalue weighted by Crippen LogP contribution is 2.44. The summed E-state index contributed by atoms with van der Waals surface area (Å²) in [5.74, 6) is -1.51. The van der Waals surface area contributed by atoms with E-state index in [9.17, 15) is 19.5 Å². The molecule has 1 saturated heterocycles. The number of piperidine rings is 1. The molecule has 0 spiro atoms. The van der Waals surface area contributed by atoms with Crippen LogP contribution in [0.2, 0.25) is 0 Å². The van der Waals surface area contributed by atoms with Gasteiger partial charge in [0.05, 0.1) is 5.54 Å². The van der Waals surface area contributed by atoms with Gasteiger partial charge in [-0.05, 0) is 47.1 Å². The summed E-state index contributed by atoms with van der Waals surface area (Å²) >= 11 is 0. The van der Waals surface area contributed by atoms with Crippen molar-refractivity contribution in [1.29, 1.82) is 0 Å². The first-order valence-corrected chi connectivity index (χ1v) is 14.8. The summed E-state index contributed by atoms with van der Waals surface area (Å²) in [5, 5.41) is 15.3. The SMILES string of the molecule is CCC[C@@H](NC(=O)CC1(NC(=O)OCC2c3ccccc3-c3ccccc32)CCN(Cc2ccccc2)CC1)C(=O)O. The van der Waals surface area contributed by atoms with E-state index >= 15 is 0 Å². The second-order valence-electron chi connectivity index (χ2n) is 11.4. The van der Waals surface area contributed by atoms with E-state index in [4.69, 9.17) is 4.74 Å². The van der Waals surface area contributed by atoms with E-state index < -0.39 is 23.6 Å². The van der Waals surface area contributed by atoms with Crippen LogP contribution in [0.1, 0.15) is 61.6 Å². The number of benzene rings is 3. The highest BCUT2D eigenvalue weighted by atomic mass is 16.5. The van der Waals surface area contributed by atoms with E-state index in [-0.39, 0.29) is 24.9 Å². The number of carbonyl (C=O) groups excluding carboxylic acids is 2. The zero-order valence-electron chi connectivity index (χ0n) is 24.1. The van der Waals surface area contributed by atoms with Gasteiger partial charge in [0.1, 0.15) is 12.6 Å². The van der Waals surface area contributed by atoms with Crippen LogP contribution in [-0.4, -0.2) is 59.3 Å². The number of rotatable bonds is 11. The molecule has 5 rings (SSSR count). The lowest BCUT2D eigenvalue weighted by molar-refractivity contribution is -0.142. The molecule has 0 radical (unpaired) electrons. The fourth-order valence-electron chi connectivity index (χ4n) is 6.28. The van der Waals surface area contributed by atoms with Crippen LogP contribution in [0.4, 0.5) is 4.79 Å². The third-order valence-corrected chi connectivity index (χ3v) is 8.48. The number of carboxylic acids is 1. The van der Waals surface area contributed by atoms with Gasteiger partial charge < -0.3 is 20.5 Å². The van der Waals surface area contributed by atoms with E-state index in [0.717, 1.165) is 28.8 Å². The molecule has 220 valence electrons. The number of carboxylic acid groups (broad SMARTS) is 1. The summed E-state index contributed by atoms with van der Waals surface area (Å²) in [6, 6.07) is 25.6. The molecule has 1 heterocycles. The summed E-state index contributed by atoms with van der Waals surface area (Å²) < 4.78 is 5.84. The van der Waals surface area contributed by atoms with Crippen molar-refractivity contribution in [2.24, 2.45) is 0 Å². The third kappa shape index (κ3) is 6.82. The van der Waals surface area contributed by atoms with Crippen LogP contribution >= 0.6 is 0 Å². The van der Waals surface area contributed by atoms with Crippen molar-refractivity contribution in [2.75, 3.05) is 19.7 Å². The number of nitrogens with one attached hydrogen (secondary N) is 2. The molecular formula is C34H39N3O5. The predicted molar refractivity (Wildman–Crippen MR) is 161 cm³/mol. The Hall–Kier alpha value is -4.17. The summed E-state index contributed by atoms with van der Waals surface area (Å²) in [6.45, 7) is 4.21. The number of likely N-dealkylation sites (tertiary alicyclic amines) is 1. The second-order valence-corrected chi connectivity index (χ2v) is 11.4. The molecule has 1 aliphatic heterocycles. The lowest BCUT2D eigenvalue weighted by Gasteiger charge is -2.42. The lowest BCUT2D eigenvalue weighted by atomic mass is 9.83. The van der Waals surface area contributed by atoms with Gasteiger partial charge in [-0.1, -0.05) is 92.2 Å². The smallest absolute Gasteiger partial charge is 0.407 e. The van der Waals surface area contributed by atoms with Crippen molar-refractivity contribution in [3.8, 4) is 11.1 Å². The summed E-state index contributed by atoms with van der Waals surface area (Å²) in [6.07, 6.45) is 1.49. The van der Waals surface area contributed by atoms with Gasteiger partial charge in [0.15, 0.2) is 0 Å². The quantitative estimate of drug-likeness (QED) is 0.289. The Kier molecular flexibility index (Phi) is 9.22. The number of ether oxygens (including phenoxy) is 1. The van der Waals surface area contributed by atoms with Crippen molar-refractivity contribution >= 4 is 18.0 Å². The molecular weight excluding hydrogens is 530 g/mol. The Morgan fingerprint density at radius 2 is 1.52 bits per heavy atom.